The van der Waals surface area contributed by atoms with Gasteiger partial charge in [-0.05, 0) is 48.4 Å². The molecule has 2 fully saturated rings. The van der Waals surface area contributed by atoms with Gasteiger partial charge in [0.05, 0.1) is 28.3 Å². The first-order chi connectivity index (χ1) is 15.3. The molecule has 1 unspecified atom stereocenters. The van der Waals surface area contributed by atoms with Crippen molar-refractivity contribution in [3.8, 4) is 0 Å². The molecule has 32 heavy (non-hydrogen) atoms. The van der Waals surface area contributed by atoms with Crippen LogP contribution >= 0.6 is 23.2 Å². The summed E-state index contributed by atoms with van der Waals surface area (Å²) in [7, 11) is 0. The SMILES string of the molecule is O=C(NC1(C(=O)O)CC1)c1c(Cl)cc2c(c1Cl)CCN(C(=O)C1=CC=C3CCOC3C1)C2. The molecule has 2 aliphatic carbocycles. The fraction of sp³-hybridized carbons (Fsp3) is 0.435. The molecule has 2 N–H and O–H groups in total. The minimum atomic E-state index is -1.23. The van der Waals surface area contributed by atoms with Crippen LogP contribution in [-0.4, -0.2) is 52.6 Å². The third-order valence-electron chi connectivity index (χ3n) is 6.73. The maximum Gasteiger partial charge on any atom is 0.329 e. The first-order valence-corrected chi connectivity index (χ1v) is 11.4. The summed E-state index contributed by atoms with van der Waals surface area (Å²) < 4.78 is 5.71. The number of rotatable bonds is 4. The molecular weight excluding hydrogens is 455 g/mol. The summed E-state index contributed by atoms with van der Waals surface area (Å²) in [5.74, 6) is -1.69. The third kappa shape index (κ3) is 3.62. The number of carbonyl (C=O) groups excluding carboxylic acids is 2. The number of amides is 2. The molecule has 1 aromatic carbocycles. The van der Waals surface area contributed by atoms with Gasteiger partial charge in [-0.15, -0.1) is 0 Å². The first-order valence-electron chi connectivity index (χ1n) is 10.7. The number of hydrogen-bond donors (Lipinski definition) is 2. The lowest BCUT2D eigenvalue weighted by Gasteiger charge is -2.32. The second-order valence-corrected chi connectivity index (χ2v) is 9.54. The highest BCUT2D eigenvalue weighted by Crippen LogP contribution is 2.39. The van der Waals surface area contributed by atoms with Gasteiger partial charge in [0.1, 0.15) is 5.54 Å². The number of halogens is 2. The van der Waals surface area contributed by atoms with Crippen LogP contribution in [-0.2, 0) is 27.3 Å². The number of carboxylic acid groups (broad SMARTS) is 1. The molecule has 9 heteroatoms. The Morgan fingerprint density at radius 1 is 1.19 bits per heavy atom. The number of allylic oxidation sites excluding steroid dienone is 2. The number of ether oxygens (including phenoxy) is 1. The minimum Gasteiger partial charge on any atom is -0.480 e. The van der Waals surface area contributed by atoms with Crippen LogP contribution in [0.1, 0.15) is 47.2 Å². The second-order valence-electron chi connectivity index (χ2n) is 8.75. The lowest BCUT2D eigenvalue weighted by Crippen LogP contribution is -2.43. The summed E-state index contributed by atoms with van der Waals surface area (Å²) in [6, 6.07) is 1.66. The molecule has 168 valence electrons. The van der Waals surface area contributed by atoms with Crippen molar-refractivity contribution < 1.29 is 24.2 Å². The Bertz CT molecular complexity index is 1110. The maximum absolute atomic E-state index is 13.1. The van der Waals surface area contributed by atoms with Crippen molar-refractivity contribution >= 4 is 41.0 Å². The van der Waals surface area contributed by atoms with Crippen LogP contribution in [0.2, 0.25) is 10.0 Å². The topological polar surface area (TPSA) is 95.9 Å². The Kier molecular flexibility index (Phi) is 5.31. The lowest BCUT2D eigenvalue weighted by molar-refractivity contribution is -0.140. The van der Waals surface area contributed by atoms with E-state index in [9.17, 15) is 19.5 Å². The van der Waals surface area contributed by atoms with Crippen LogP contribution in [0.25, 0.3) is 0 Å². The van der Waals surface area contributed by atoms with E-state index in [4.69, 9.17) is 27.9 Å². The van der Waals surface area contributed by atoms with Gasteiger partial charge in [0.15, 0.2) is 0 Å². The van der Waals surface area contributed by atoms with Gasteiger partial charge in [0.25, 0.3) is 5.91 Å². The highest BCUT2D eigenvalue weighted by molar-refractivity contribution is 6.40. The van der Waals surface area contributed by atoms with E-state index in [2.05, 4.69) is 5.32 Å². The van der Waals surface area contributed by atoms with Crippen molar-refractivity contribution in [2.75, 3.05) is 13.2 Å². The average molecular weight is 477 g/mol. The quantitative estimate of drug-likeness (QED) is 0.694. The van der Waals surface area contributed by atoms with E-state index in [-0.39, 0.29) is 27.6 Å². The van der Waals surface area contributed by atoms with E-state index >= 15 is 0 Å². The Labute approximate surface area is 195 Å². The zero-order chi connectivity index (χ0) is 22.6. The Morgan fingerprint density at radius 3 is 2.69 bits per heavy atom. The predicted octanol–water partition coefficient (Wildman–Crippen LogP) is 3.27. The fourth-order valence-electron chi connectivity index (χ4n) is 4.64. The van der Waals surface area contributed by atoms with Gasteiger partial charge < -0.3 is 20.1 Å². The van der Waals surface area contributed by atoms with E-state index in [0.29, 0.717) is 45.4 Å². The van der Waals surface area contributed by atoms with Gasteiger partial charge in [0, 0.05) is 25.1 Å². The number of fused-ring (bicyclic) bond motifs is 2. The number of nitrogens with zero attached hydrogens (tertiary/aromatic N) is 1. The van der Waals surface area contributed by atoms with Crippen molar-refractivity contribution in [3.05, 3.63) is 56.1 Å². The Morgan fingerprint density at radius 2 is 1.97 bits per heavy atom. The molecule has 1 aromatic rings. The zero-order valence-corrected chi connectivity index (χ0v) is 18.8. The predicted molar refractivity (Wildman–Crippen MR) is 118 cm³/mol. The number of carboxylic acids is 1. The molecular formula is C23H22Cl2N2O5. The largest absolute Gasteiger partial charge is 0.480 e. The van der Waals surface area contributed by atoms with Gasteiger partial charge >= 0.3 is 5.97 Å². The molecule has 1 atom stereocenters. The molecule has 4 aliphatic rings. The van der Waals surface area contributed by atoms with Gasteiger partial charge in [-0.25, -0.2) is 4.79 Å². The summed E-state index contributed by atoms with van der Waals surface area (Å²) in [6.45, 7) is 1.50. The molecule has 2 amide bonds. The Hall–Kier alpha value is -2.35. The van der Waals surface area contributed by atoms with E-state index < -0.39 is 17.4 Å². The molecule has 0 spiro atoms. The van der Waals surface area contributed by atoms with Crippen molar-refractivity contribution in [1.82, 2.24) is 10.2 Å². The summed E-state index contributed by atoms with van der Waals surface area (Å²) in [5.41, 5.74) is 2.38. The number of nitrogens with one attached hydrogen (secondary N) is 1. The van der Waals surface area contributed by atoms with Crippen LogP contribution in [0, 0.1) is 0 Å². The second kappa shape index (κ2) is 7.90. The minimum absolute atomic E-state index is 0.00143. The maximum atomic E-state index is 13.1. The molecule has 2 heterocycles. The van der Waals surface area contributed by atoms with Gasteiger partial charge in [-0.3, -0.25) is 9.59 Å². The van der Waals surface area contributed by atoms with Crippen LogP contribution in [0.15, 0.2) is 29.4 Å². The molecule has 5 rings (SSSR count). The molecule has 0 radical (unpaired) electrons. The van der Waals surface area contributed by atoms with E-state index in [1.165, 1.54) is 5.57 Å². The zero-order valence-electron chi connectivity index (χ0n) is 17.2. The van der Waals surface area contributed by atoms with Crippen molar-refractivity contribution in [1.29, 1.82) is 0 Å². The number of hydrogen-bond acceptors (Lipinski definition) is 4. The van der Waals surface area contributed by atoms with Crippen molar-refractivity contribution in [2.45, 2.75) is 50.3 Å². The van der Waals surface area contributed by atoms with Gasteiger partial charge in [-0.2, -0.15) is 0 Å². The smallest absolute Gasteiger partial charge is 0.329 e. The summed E-state index contributed by atoms with van der Waals surface area (Å²) in [6.07, 6.45) is 6.63. The monoisotopic (exact) mass is 476 g/mol. The average Bonchev–Trinajstić information content (AvgIpc) is 3.39. The van der Waals surface area contributed by atoms with Crippen molar-refractivity contribution in [2.24, 2.45) is 0 Å². The molecule has 1 saturated carbocycles. The molecule has 0 bridgehead atoms. The third-order valence-corrected chi connectivity index (χ3v) is 7.45. The van der Waals surface area contributed by atoms with Crippen LogP contribution in [0.3, 0.4) is 0 Å². The summed E-state index contributed by atoms with van der Waals surface area (Å²) in [4.78, 5) is 39.1. The van der Waals surface area contributed by atoms with Gasteiger partial charge in [0.2, 0.25) is 5.91 Å². The highest BCUT2D eigenvalue weighted by atomic mass is 35.5. The van der Waals surface area contributed by atoms with Crippen molar-refractivity contribution in [3.63, 3.8) is 0 Å². The van der Waals surface area contributed by atoms with E-state index in [1.54, 1.807) is 11.0 Å². The van der Waals surface area contributed by atoms with Crippen LogP contribution in [0.5, 0.6) is 0 Å². The van der Waals surface area contributed by atoms with Crippen LogP contribution < -0.4 is 5.32 Å². The first kappa shape index (κ1) is 21.5. The van der Waals surface area contributed by atoms with Crippen LogP contribution in [0.4, 0.5) is 0 Å². The van der Waals surface area contributed by atoms with Gasteiger partial charge in [-0.1, -0.05) is 35.4 Å². The van der Waals surface area contributed by atoms with E-state index in [1.807, 2.05) is 12.2 Å². The summed E-state index contributed by atoms with van der Waals surface area (Å²) >= 11 is 13.0. The van der Waals surface area contributed by atoms with E-state index in [0.717, 1.165) is 23.1 Å². The standard InChI is InChI=1S/C23H22Cl2N2O5/c24-16-9-14-11-27(21(29)13-2-1-12-4-8-32-17(12)10-13)7-3-15(14)19(25)18(16)20(28)26-23(5-6-23)22(30)31/h1-2,9,17H,3-8,10-11H2,(H,26,28)(H,30,31). The normalized spacial score (nSPS) is 22.9. The molecule has 0 aromatic heterocycles. The molecule has 7 nitrogen and oxygen atoms in total. The molecule has 1 saturated heterocycles. The Balaban J connectivity index is 1.35. The fourth-order valence-corrected chi connectivity index (χ4v) is 5.40. The summed E-state index contributed by atoms with van der Waals surface area (Å²) in [5, 5.41) is 12.3. The number of benzene rings is 1. The number of aliphatic carboxylic acids is 1. The molecule has 2 aliphatic heterocycles. The lowest BCUT2D eigenvalue weighted by atomic mass is 9.92. The highest BCUT2D eigenvalue weighted by Gasteiger charge is 2.52. The number of carbonyl (C=O) groups is 3.